The number of hydrogen-bond acceptors (Lipinski definition) is 1. The average Bonchev–Trinajstić information content (AvgIpc) is 2.32. The molecule has 0 aliphatic carbocycles. The average molecular weight is 357 g/mol. The Balaban J connectivity index is 2.38. The summed E-state index contributed by atoms with van der Waals surface area (Å²) in [5.41, 5.74) is -0.693. The van der Waals surface area contributed by atoms with Gasteiger partial charge in [0.2, 0.25) is 5.91 Å². The zero-order valence-corrected chi connectivity index (χ0v) is 12.0. The molecule has 1 atom stereocenters. The minimum absolute atomic E-state index is 0.221. The lowest BCUT2D eigenvalue weighted by Crippen LogP contribution is -2.41. The molecule has 1 amide bonds. The van der Waals surface area contributed by atoms with Crippen molar-refractivity contribution in [2.45, 2.75) is 23.8 Å². The van der Waals surface area contributed by atoms with E-state index in [9.17, 15) is 18.0 Å². The first kappa shape index (κ1) is 14.7. The molecule has 1 heterocycles. The van der Waals surface area contributed by atoms with Crippen LogP contribution in [0.2, 0.25) is 5.02 Å². The van der Waals surface area contributed by atoms with Gasteiger partial charge in [0.05, 0.1) is 15.4 Å². The number of benzene rings is 1. The lowest BCUT2D eigenvalue weighted by Gasteiger charge is -2.30. The van der Waals surface area contributed by atoms with E-state index >= 15 is 0 Å². The first-order chi connectivity index (χ1) is 8.80. The van der Waals surface area contributed by atoms with Crippen molar-refractivity contribution in [2.24, 2.45) is 0 Å². The maximum Gasteiger partial charge on any atom is 0.417 e. The molecular formula is C12H10BrClF3NO. The molecule has 0 spiro atoms. The largest absolute Gasteiger partial charge is 0.417 e. The van der Waals surface area contributed by atoms with Crippen molar-refractivity contribution in [3.63, 3.8) is 0 Å². The second kappa shape index (κ2) is 5.32. The van der Waals surface area contributed by atoms with E-state index < -0.39 is 11.7 Å². The summed E-state index contributed by atoms with van der Waals surface area (Å²) in [4.78, 5) is 13.0. The molecule has 1 aromatic carbocycles. The summed E-state index contributed by atoms with van der Waals surface area (Å²) in [7, 11) is 0. The third-order valence-corrected chi connectivity index (χ3v) is 4.12. The Morgan fingerprint density at radius 1 is 1.37 bits per heavy atom. The van der Waals surface area contributed by atoms with Crippen LogP contribution in [0.4, 0.5) is 18.9 Å². The predicted octanol–water partition coefficient (Wildman–Crippen LogP) is 4.25. The van der Waals surface area contributed by atoms with Crippen molar-refractivity contribution in [2.75, 3.05) is 11.4 Å². The summed E-state index contributed by atoms with van der Waals surface area (Å²) in [6.45, 7) is 0.417. The normalized spacial score (nSPS) is 20.8. The van der Waals surface area contributed by atoms with Gasteiger partial charge in [-0.05, 0) is 31.0 Å². The van der Waals surface area contributed by atoms with Crippen molar-refractivity contribution >= 4 is 39.1 Å². The number of carbonyl (C=O) groups excluding carboxylic acids is 1. The van der Waals surface area contributed by atoms with Crippen LogP contribution in [0, 0.1) is 0 Å². The Labute approximate surface area is 121 Å². The van der Waals surface area contributed by atoms with Crippen LogP contribution in [0.15, 0.2) is 18.2 Å². The molecule has 1 aliphatic rings. The summed E-state index contributed by atoms with van der Waals surface area (Å²) in [5, 5.41) is -0.365. The zero-order valence-electron chi connectivity index (χ0n) is 9.68. The monoisotopic (exact) mass is 355 g/mol. The van der Waals surface area contributed by atoms with E-state index in [0.29, 0.717) is 13.0 Å². The summed E-state index contributed by atoms with van der Waals surface area (Å²) in [6, 6.07) is 3.52. The van der Waals surface area contributed by atoms with Crippen LogP contribution < -0.4 is 4.90 Å². The highest BCUT2D eigenvalue weighted by Crippen LogP contribution is 2.37. The van der Waals surface area contributed by atoms with Crippen molar-refractivity contribution in [3.8, 4) is 0 Å². The maximum absolute atomic E-state index is 12.8. The quantitative estimate of drug-likeness (QED) is 0.689. The topological polar surface area (TPSA) is 20.3 Å². The van der Waals surface area contributed by atoms with E-state index in [-0.39, 0.29) is 21.4 Å². The van der Waals surface area contributed by atoms with Gasteiger partial charge in [0.25, 0.3) is 0 Å². The second-order valence-corrected chi connectivity index (χ2v) is 5.77. The van der Waals surface area contributed by atoms with Gasteiger partial charge in [-0.3, -0.25) is 4.79 Å². The van der Waals surface area contributed by atoms with Crippen molar-refractivity contribution in [1.29, 1.82) is 0 Å². The number of nitrogens with zero attached hydrogens (tertiary/aromatic N) is 1. The van der Waals surface area contributed by atoms with E-state index in [1.807, 2.05) is 0 Å². The smallest absolute Gasteiger partial charge is 0.311 e. The van der Waals surface area contributed by atoms with Crippen molar-refractivity contribution in [3.05, 3.63) is 28.8 Å². The molecule has 0 saturated carbocycles. The molecule has 0 aromatic heterocycles. The summed E-state index contributed by atoms with van der Waals surface area (Å²) in [5.74, 6) is -0.221. The SMILES string of the molecule is O=C1C(Br)CCCN1c1ccc(Cl)c(C(F)(F)F)c1. The third-order valence-electron chi connectivity index (χ3n) is 2.94. The van der Waals surface area contributed by atoms with E-state index in [0.717, 1.165) is 12.5 Å². The Morgan fingerprint density at radius 2 is 2.05 bits per heavy atom. The van der Waals surface area contributed by atoms with Crippen LogP contribution in [0.5, 0.6) is 0 Å². The number of halogens is 5. The number of anilines is 1. The van der Waals surface area contributed by atoms with Crippen LogP contribution in [0.25, 0.3) is 0 Å². The van der Waals surface area contributed by atoms with Crippen LogP contribution in [-0.4, -0.2) is 17.3 Å². The van der Waals surface area contributed by atoms with Crippen LogP contribution in [0.3, 0.4) is 0 Å². The standard InChI is InChI=1S/C12H10BrClF3NO/c13-9-2-1-5-18(11(9)19)7-3-4-10(14)8(6-7)12(15,16)17/h3-4,6,9H,1-2,5H2. The Bertz CT molecular complexity index is 506. The lowest BCUT2D eigenvalue weighted by atomic mass is 10.1. The van der Waals surface area contributed by atoms with E-state index in [2.05, 4.69) is 15.9 Å². The summed E-state index contributed by atoms with van der Waals surface area (Å²) < 4.78 is 38.3. The lowest BCUT2D eigenvalue weighted by molar-refractivity contribution is -0.137. The first-order valence-corrected chi connectivity index (χ1v) is 6.92. The molecule has 1 unspecified atom stereocenters. The van der Waals surface area contributed by atoms with Gasteiger partial charge in [-0.25, -0.2) is 0 Å². The van der Waals surface area contributed by atoms with Crippen LogP contribution in [0.1, 0.15) is 18.4 Å². The number of hydrogen-bond donors (Lipinski definition) is 0. The fraction of sp³-hybridized carbons (Fsp3) is 0.417. The molecule has 0 N–H and O–H groups in total. The number of amides is 1. The highest BCUT2D eigenvalue weighted by Gasteiger charge is 2.35. The molecule has 1 aromatic rings. The van der Waals surface area contributed by atoms with Crippen molar-refractivity contribution in [1.82, 2.24) is 0 Å². The third kappa shape index (κ3) is 3.05. The molecule has 1 fully saturated rings. The van der Waals surface area contributed by atoms with Gasteiger partial charge in [0.1, 0.15) is 0 Å². The van der Waals surface area contributed by atoms with Gasteiger partial charge < -0.3 is 4.90 Å². The molecule has 0 bridgehead atoms. The van der Waals surface area contributed by atoms with Gasteiger partial charge in [-0.15, -0.1) is 0 Å². The molecular weight excluding hydrogens is 346 g/mol. The molecule has 7 heteroatoms. The minimum atomic E-state index is -4.53. The fourth-order valence-corrected chi connectivity index (χ4v) is 2.78. The summed E-state index contributed by atoms with van der Waals surface area (Å²) >= 11 is 8.78. The van der Waals surface area contributed by atoms with Crippen LogP contribution >= 0.6 is 27.5 Å². The molecule has 0 radical (unpaired) electrons. The van der Waals surface area contributed by atoms with Crippen LogP contribution in [-0.2, 0) is 11.0 Å². The van der Waals surface area contributed by atoms with Gasteiger partial charge in [-0.2, -0.15) is 13.2 Å². The molecule has 104 valence electrons. The Kier molecular flexibility index (Phi) is 4.11. The number of piperidine rings is 1. The van der Waals surface area contributed by atoms with Gasteiger partial charge in [0.15, 0.2) is 0 Å². The second-order valence-electron chi connectivity index (χ2n) is 4.26. The molecule has 2 rings (SSSR count). The molecule has 2 nitrogen and oxygen atoms in total. The first-order valence-electron chi connectivity index (χ1n) is 5.63. The number of carbonyl (C=O) groups is 1. The number of rotatable bonds is 1. The van der Waals surface area contributed by atoms with Gasteiger partial charge >= 0.3 is 6.18 Å². The van der Waals surface area contributed by atoms with Crippen molar-refractivity contribution < 1.29 is 18.0 Å². The minimum Gasteiger partial charge on any atom is -0.311 e. The van der Waals surface area contributed by atoms with Gasteiger partial charge in [0, 0.05) is 12.2 Å². The van der Waals surface area contributed by atoms with E-state index in [4.69, 9.17) is 11.6 Å². The molecule has 1 saturated heterocycles. The zero-order chi connectivity index (χ0) is 14.2. The van der Waals surface area contributed by atoms with E-state index in [1.165, 1.54) is 17.0 Å². The predicted molar refractivity (Wildman–Crippen MR) is 70.8 cm³/mol. The Hall–Kier alpha value is -0.750. The fourth-order valence-electron chi connectivity index (χ4n) is 1.99. The molecule has 1 aliphatic heterocycles. The number of alkyl halides is 4. The van der Waals surface area contributed by atoms with Gasteiger partial charge in [-0.1, -0.05) is 27.5 Å². The highest BCUT2D eigenvalue weighted by molar-refractivity contribution is 9.10. The molecule has 19 heavy (non-hydrogen) atoms. The summed E-state index contributed by atoms with van der Waals surface area (Å²) in [6.07, 6.45) is -3.10. The Morgan fingerprint density at radius 3 is 2.68 bits per heavy atom. The van der Waals surface area contributed by atoms with E-state index in [1.54, 1.807) is 0 Å². The highest BCUT2D eigenvalue weighted by atomic mass is 79.9. The maximum atomic E-state index is 12.8.